The maximum Gasteiger partial charge on any atom is 0.258 e. The molecule has 3 aliphatic rings. The van der Waals surface area contributed by atoms with E-state index in [0.29, 0.717) is 25.1 Å². The summed E-state index contributed by atoms with van der Waals surface area (Å²) in [4.78, 5) is 68.8. The van der Waals surface area contributed by atoms with Crippen LogP contribution in [-0.2, 0) is 36.8 Å². The number of rotatable bonds is 5. The van der Waals surface area contributed by atoms with Gasteiger partial charge in [-0.25, -0.2) is 0 Å². The van der Waals surface area contributed by atoms with Gasteiger partial charge in [0, 0.05) is 19.4 Å². The maximum absolute atomic E-state index is 13.9. The number of nitrogens with one attached hydrogen (secondary N) is 4. The molecule has 5 atom stereocenters. The molecule has 47 heavy (non-hydrogen) atoms. The van der Waals surface area contributed by atoms with E-state index in [1.54, 1.807) is 31.2 Å². The molecule has 3 aromatic rings. The standard InChI is InChI=1S/C36H41N5O6/c1-23(27-12-7-4-8-13-27)37-34(44)29-20-26-15-17-28(18-16-26)47-22-32(42)39-30(21-25-10-5-3-6-11-25)36(46)41-19-9-14-31(41)35(45)38-24(2)33(43)40-29/h3-8,10-13,15-18,23-24,29-31H,9,14,19-22H2,1-2H3,(H,37,44)(H,38,45)(H,39,42)(H,40,43)/t23-,24-,29-,30+,31+/m0/s1. The Bertz CT molecular complexity index is 1570. The molecule has 6 rings (SSSR count). The van der Waals surface area contributed by atoms with Gasteiger partial charge in [-0.1, -0.05) is 72.8 Å². The summed E-state index contributed by atoms with van der Waals surface area (Å²) in [6.45, 7) is 3.42. The van der Waals surface area contributed by atoms with Crippen LogP contribution < -0.4 is 26.0 Å². The summed E-state index contributed by atoms with van der Waals surface area (Å²) in [7, 11) is 0. The average Bonchev–Trinajstić information content (AvgIpc) is 3.58. The zero-order chi connectivity index (χ0) is 33.3. The van der Waals surface area contributed by atoms with Crippen LogP contribution in [0.3, 0.4) is 0 Å². The van der Waals surface area contributed by atoms with Gasteiger partial charge >= 0.3 is 0 Å². The molecule has 11 heteroatoms. The Morgan fingerprint density at radius 2 is 1.57 bits per heavy atom. The normalized spacial score (nSPS) is 23.1. The van der Waals surface area contributed by atoms with Gasteiger partial charge in [0.1, 0.15) is 29.9 Å². The summed E-state index contributed by atoms with van der Waals surface area (Å²) in [5.41, 5.74) is 2.51. The first kappa shape index (κ1) is 33.2. The highest BCUT2D eigenvalue weighted by atomic mass is 16.5. The van der Waals surface area contributed by atoms with E-state index in [4.69, 9.17) is 4.74 Å². The topological polar surface area (TPSA) is 146 Å². The van der Waals surface area contributed by atoms with Crippen molar-refractivity contribution in [1.82, 2.24) is 26.2 Å². The van der Waals surface area contributed by atoms with E-state index in [1.165, 1.54) is 4.90 Å². The van der Waals surface area contributed by atoms with Crippen molar-refractivity contribution in [2.45, 2.75) is 69.7 Å². The molecule has 0 aliphatic carbocycles. The van der Waals surface area contributed by atoms with Crippen LogP contribution >= 0.6 is 0 Å². The summed E-state index contributed by atoms with van der Waals surface area (Å²) in [6, 6.07) is 21.7. The molecule has 3 aromatic carbocycles. The van der Waals surface area contributed by atoms with Gasteiger partial charge in [0.25, 0.3) is 5.91 Å². The van der Waals surface area contributed by atoms with Gasteiger partial charge < -0.3 is 30.9 Å². The molecular weight excluding hydrogens is 598 g/mol. The van der Waals surface area contributed by atoms with Gasteiger partial charge in [0.2, 0.25) is 23.6 Å². The molecule has 0 unspecified atom stereocenters. The monoisotopic (exact) mass is 639 g/mol. The summed E-state index contributed by atoms with van der Waals surface area (Å²) < 4.78 is 5.73. The van der Waals surface area contributed by atoms with Crippen LogP contribution in [0.15, 0.2) is 84.9 Å². The Morgan fingerprint density at radius 3 is 2.28 bits per heavy atom. The predicted octanol–water partition coefficient (Wildman–Crippen LogP) is 2.21. The SMILES string of the molecule is C[C@@H]1NC(=O)[C@H]2CCCN2C(=O)[C@@H](Cc2ccccc2)NC(=O)COc2ccc(cc2)C[C@@H](C(=O)N[C@@H](C)c2ccccc2)NC1=O. The predicted molar refractivity (Wildman–Crippen MR) is 175 cm³/mol. The number of benzene rings is 3. The van der Waals surface area contributed by atoms with Crippen LogP contribution in [0.4, 0.5) is 0 Å². The highest BCUT2D eigenvalue weighted by molar-refractivity contribution is 5.96. The zero-order valence-electron chi connectivity index (χ0n) is 26.6. The van der Waals surface area contributed by atoms with Crippen molar-refractivity contribution in [2.24, 2.45) is 0 Å². The van der Waals surface area contributed by atoms with Crippen LogP contribution in [0.25, 0.3) is 0 Å². The van der Waals surface area contributed by atoms with Gasteiger partial charge in [0.05, 0.1) is 6.04 Å². The van der Waals surface area contributed by atoms with Crippen molar-refractivity contribution in [3.8, 4) is 5.75 Å². The van der Waals surface area contributed by atoms with E-state index in [1.807, 2.05) is 67.6 Å². The van der Waals surface area contributed by atoms with Crippen LogP contribution in [-0.4, -0.2) is 71.8 Å². The third kappa shape index (κ3) is 8.75. The Kier molecular flexibility index (Phi) is 10.9. The Labute approximate surface area is 274 Å². The first-order valence-corrected chi connectivity index (χ1v) is 16.0. The minimum absolute atomic E-state index is 0.173. The zero-order valence-corrected chi connectivity index (χ0v) is 26.6. The molecule has 1 saturated heterocycles. The van der Waals surface area contributed by atoms with E-state index in [9.17, 15) is 24.0 Å². The molecule has 3 heterocycles. The largest absolute Gasteiger partial charge is 0.484 e. The first-order valence-electron chi connectivity index (χ1n) is 16.0. The number of carbonyl (C=O) groups is 5. The number of amides is 5. The summed E-state index contributed by atoms with van der Waals surface area (Å²) in [6.07, 6.45) is 1.41. The Morgan fingerprint density at radius 1 is 0.894 bits per heavy atom. The fraction of sp³-hybridized carbons (Fsp3) is 0.361. The van der Waals surface area contributed by atoms with Crippen molar-refractivity contribution in [3.05, 3.63) is 102 Å². The molecular formula is C36H41N5O6. The number of hydrogen-bond donors (Lipinski definition) is 4. The molecule has 5 amide bonds. The molecule has 0 radical (unpaired) electrons. The van der Waals surface area contributed by atoms with E-state index in [-0.39, 0.29) is 37.3 Å². The molecule has 1 fully saturated rings. The summed E-state index contributed by atoms with van der Waals surface area (Å²) in [5.74, 6) is -1.82. The lowest BCUT2D eigenvalue weighted by Crippen LogP contribution is -2.58. The fourth-order valence-electron chi connectivity index (χ4n) is 5.92. The maximum atomic E-state index is 13.9. The smallest absolute Gasteiger partial charge is 0.258 e. The van der Waals surface area contributed by atoms with Crippen molar-refractivity contribution in [2.75, 3.05) is 13.2 Å². The highest BCUT2D eigenvalue weighted by Crippen LogP contribution is 2.21. The molecule has 4 N–H and O–H groups in total. The molecule has 0 aromatic heterocycles. The van der Waals surface area contributed by atoms with Crippen molar-refractivity contribution >= 4 is 29.5 Å². The van der Waals surface area contributed by atoms with Crippen LogP contribution in [0, 0.1) is 0 Å². The number of ether oxygens (including phenoxy) is 1. The van der Waals surface area contributed by atoms with Crippen LogP contribution in [0.2, 0.25) is 0 Å². The van der Waals surface area contributed by atoms with Crippen molar-refractivity contribution in [3.63, 3.8) is 0 Å². The van der Waals surface area contributed by atoms with E-state index >= 15 is 0 Å². The third-order valence-electron chi connectivity index (χ3n) is 8.53. The summed E-state index contributed by atoms with van der Waals surface area (Å²) in [5, 5.41) is 11.4. The minimum Gasteiger partial charge on any atom is -0.484 e. The molecule has 2 bridgehead atoms. The van der Waals surface area contributed by atoms with Crippen molar-refractivity contribution in [1.29, 1.82) is 0 Å². The van der Waals surface area contributed by atoms with Crippen molar-refractivity contribution < 1.29 is 28.7 Å². The van der Waals surface area contributed by atoms with E-state index in [0.717, 1.165) is 16.7 Å². The Balaban J connectivity index is 1.38. The third-order valence-corrected chi connectivity index (χ3v) is 8.53. The molecule has 0 saturated carbocycles. The number of hydrogen-bond acceptors (Lipinski definition) is 6. The van der Waals surface area contributed by atoms with Gasteiger partial charge in [0.15, 0.2) is 6.61 Å². The van der Waals surface area contributed by atoms with Gasteiger partial charge in [-0.05, 0) is 55.5 Å². The lowest BCUT2D eigenvalue weighted by molar-refractivity contribution is -0.142. The second kappa shape index (κ2) is 15.4. The minimum atomic E-state index is -0.987. The lowest BCUT2D eigenvalue weighted by Gasteiger charge is -2.29. The quantitative estimate of drug-likeness (QED) is 0.337. The number of fused-ring (bicyclic) bond motifs is 13. The van der Waals surface area contributed by atoms with Gasteiger partial charge in [-0.2, -0.15) is 0 Å². The second-order valence-corrected chi connectivity index (χ2v) is 12.1. The molecule has 11 nitrogen and oxygen atoms in total. The highest BCUT2D eigenvalue weighted by Gasteiger charge is 2.39. The average molecular weight is 640 g/mol. The second-order valence-electron chi connectivity index (χ2n) is 12.1. The van der Waals surface area contributed by atoms with E-state index in [2.05, 4.69) is 21.3 Å². The van der Waals surface area contributed by atoms with Crippen LogP contribution in [0.1, 0.15) is 49.4 Å². The number of carbonyl (C=O) groups excluding carboxylic acids is 5. The molecule has 3 aliphatic heterocycles. The molecule has 246 valence electrons. The van der Waals surface area contributed by atoms with Gasteiger partial charge in [-0.3, -0.25) is 24.0 Å². The van der Waals surface area contributed by atoms with Crippen LogP contribution in [0.5, 0.6) is 5.75 Å². The first-order chi connectivity index (χ1) is 22.7. The van der Waals surface area contributed by atoms with Gasteiger partial charge in [-0.15, -0.1) is 0 Å². The number of nitrogens with zero attached hydrogens (tertiary/aromatic N) is 1. The lowest BCUT2D eigenvalue weighted by atomic mass is 10.0. The molecule has 0 spiro atoms. The Hall–Kier alpha value is -5.19. The van der Waals surface area contributed by atoms with E-state index < -0.39 is 41.9 Å². The fourth-order valence-corrected chi connectivity index (χ4v) is 5.92. The summed E-state index contributed by atoms with van der Waals surface area (Å²) >= 11 is 0.